The number of nitrogens with one attached hydrogen (secondary N) is 1. The van der Waals surface area contributed by atoms with E-state index in [1.165, 1.54) is 25.0 Å². The molecule has 1 amide bonds. The molecule has 1 fully saturated rings. The number of rotatable bonds is 10. The molecule has 0 aliphatic carbocycles. The van der Waals surface area contributed by atoms with E-state index < -0.39 is 23.5 Å². The van der Waals surface area contributed by atoms with Gasteiger partial charge in [0.2, 0.25) is 11.1 Å². The van der Waals surface area contributed by atoms with Crippen LogP contribution in [0.15, 0.2) is 59.8 Å². The van der Waals surface area contributed by atoms with Crippen molar-refractivity contribution < 1.29 is 27.1 Å². The van der Waals surface area contributed by atoms with Crippen molar-refractivity contribution >= 4 is 46.6 Å². The number of carbonyl (C=O) groups is 1. The van der Waals surface area contributed by atoms with Crippen molar-refractivity contribution in [1.29, 1.82) is 0 Å². The van der Waals surface area contributed by atoms with Crippen LogP contribution in [-0.2, 0) is 11.0 Å². The van der Waals surface area contributed by atoms with Crippen LogP contribution in [-0.4, -0.2) is 63.0 Å². The molecule has 0 unspecified atom stereocenters. The van der Waals surface area contributed by atoms with Crippen molar-refractivity contribution in [2.45, 2.75) is 24.2 Å². The highest BCUT2D eigenvalue weighted by Gasteiger charge is 2.31. The Kier molecular flexibility index (Phi) is 9.75. The normalized spacial score (nSPS) is 13.8. The molecule has 1 saturated heterocycles. The molecule has 1 aliphatic rings. The van der Waals surface area contributed by atoms with Gasteiger partial charge in [0.25, 0.3) is 0 Å². The van der Waals surface area contributed by atoms with E-state index >= 15 is 4.39 Å². The van der Waals surface area contributed by atoms with Crippen LogP contribution >= 0.6 is 35.0 Å². The first-order valence-electron chi connectivity index (χ1n) is 13.1. The number of alkyl halides is 3. The molecule has 0 atom stereocenters. The van der Waals surface area contributed by atoms with E-state index in [4.69, 9.17) is 27.9 Å². The molecule has 1 aromatic heterocycles. The van der Waals surface area contributed by atoms with Crippen LogP contribution in [0.3, 0.4) is 0 Å². The van der Waals surface area contributed by atoms with Gasteiger partial charge in [-0.1, -0.05) is 47.1 Å². The van der Waals surface area contributed by atoms with Gasteiger partial charge in [-0.15, -0.1) is 5.10 Å². The lowest BCUT2D eigenvalue weighted by Crippen LogP contribution is -2.25. The molecule has 0 radical (unpaired) electrons. The number of carbonyl (C=O) groups excluding carboxylic acids is 1. The molecule has 8 nitrogen and oxygen atoms in total. The number of hydrogen-bond acceptors (Lipinski definition) is 7. The smallest absolute Gasteiger partial charge is 0.416 e. The Balaban J connectivity index is 1.20. The minimum absolute atomic E-state index is 0.0198. The summed E-state index contributed by atoms with van der Waals surface area (Å²) in [7, 11) is 0. The first-order valence-corrected chi connectivity index (χ1v) is 14.9. The van der Waals surface area contributed by atoms with Crippen LogP contribution in [0, 0.1) is 5.82 Å². The highest BCUT2D eigenvalue weighted by atomic mass is 35.5. The van der Waals surface area contributed by atoms with Gasteiger partial charge in [0.05, 0.1) is 27.7 Å². The molecule has 43 heavy (non-hydrogen) atoms. The van der Waals surface area contributed by atoms with Gasteiger partial charge >= 0.3 is 6.18 Å². The summed E-state index contributed by atoms with van der Waals surface area (Å²) in [5.74, 6) is -0.857. The maximum absolute atomic E-state index is 15.2. The fraction of sp³-hybridized carbons (Fsp3) is 0.286. The number of benzene rings is 3. The number of nitrogens with zero attached hydrogens (tertiary/aromatic N) is 5. The fourth-order valence-corrected chi connectivity index (χ4v) is 5.58. The topological polar surface area (TPSA) is 85.2 Å². The van der Waals surface area contributed by atoms with Crippen molar-refractivity contribution in [3.05, 3.63) is 76.0 Å². The third-order valence-corrected chi connectivity index (χ3v) is 8.28. The minimum Gasteiger partial charge on any atom is -0.492 e. The average Bonchev–Trinajstić information content (AvgIpc) is 3.67. The summed E-state index contributed by atoms with van der Waals surface area (Å²) in [5.41, 5.74) is -0.158. The lowest BCUT2D eigenvalue weighted by atomic mass is 10.0. The molecule has 3 aromatic carbocycles. The second-order valence-corrected chi connectivity index (χ2v) is 11.3. The predicted molar refractivity (Wildman–Crippen MR) is 157 cm³/mol. The van der Waals surface area contributed by atoms with Gasteiger partial charge < -0.3 is 10.1 Å². The Bertz CT molecular complexity index is 1600. The molecule has 1 N–H and O–H groups in total. The van der Waals surface area contributed by atoms with Crippen LogP contribution in [0.4, 0.5) is 23.2 Å². The van der Waals surface area contributed by atoms with Crippen molar-refractivity contribution in [2.24, 2.45) is 0 Å². The number of tetrazole rings is 1. The van der Waals surface area contributed by atoms with Crippen LogP contribution in [0.25, 0.3) is 16.8 Å². The van der Waals surface area contributed by atoms with Crippen LogP contribution in [0.2, 0.25) is 10.0 Å². The lowest BCUT2D eigenvalue weighted by molar-refractivity contribution is -0.137. The Morgan fingerprint density at radius 2 is 1.79 bits per heavy atom. The molecular formula is C28H24Cl2F4N6O2S. The zero-order valence-electron chi connectivity index (χ0n) is 22.4. The number of anilines is 1. The molecule has 4 aromatic rings. The zero-order valence-corrected chi connectivity index (χ0v) is 24.7. The summed E-state index contributed by atoms with van der Waals surface area (Å²) in [6, 6.07) is 12.7. The van der Waals surface area contributed by atoms with Crippen molar-refractivity contribution in [3.63, 3.8) is 0 Å². The van der Waals surface area contributed by atoms with Crippen molar-refractivity contribution in [2.75, 3.05) is 37.3 Å². The molecule has 0 spiro atoms. The van der Waals surface area contributed by atoms with E-state index in [1.807, 2.05) is 0 Å². The van der Waals surface area contributed by atoms with Gasteiger partial charge in [0.15, 0.2) is 5.82 Å². The van der Waals surface area contributed by atoms with E-state index in [2.05, 4.69) is 25.7 Å². The zero-order chi connectivity index (χ0) is 30.6. The molecule has 1 aliphatic heterocycles. The molecule has 0 bridgehead atoms. The Labute approximate surface area is 258 Å². The van der Waals surface area contributed by atoms with E-state index in [-0.39, 0.29) is 37.9 Å². The number of amides is 1. The van der Waals surface area contributed by atoms with Crippen molar-refractivity contribution in [3.8, 4) is 22.6 Å². The monoisotopic (exact) mass is 654 g/mol. The molecule has 2 heterocycles. The van der Waals surface area contributed by atoms with Gasteiger partial charge in [0, 0.05) is 12.1 Å². The maximum Gasteiger partial charge on any atom is 0.416 e. The fourth-order valence-electron chi connectivity index (χ4n) is 4.49. The second-order valence-electron chi connectivity index (χ2n) is 9.58. The summed E-state index contributed by atoms with van der Waals surface area (Å²) < 4.78 is 61.6. The molecular weight excluding hydrogens is 631 g/mol. The van der Waals surface area contributed by atoms with Crippen LogP contribution in [0.5, 0.6) is 5.75 Å². The van der Waals surface area contributed by atoms with E-state index in [0.29, 0.717) is 17.9 Å². The third kappa shape index (κ3) is 7.58. The summed E-state index contributed by atoms with van der Waals surface area (Å²) in [4.78, 5) is 15.0. The van der Waals surface area contributed by atoms with Gasteiger partial charge in [0.1, 0.15) is 17.4 Å². The third-order valence-electron chi connectivity index (χ3n) is 6.67. The highest BCUT2D eigenvalue weighted by Crippen LogP contribution is 2.35. The van der Waals surface area contributed by atoms with Gasteiger partial charge in [-0.25, -0.2) is 4.39 Å². The average molecular weight is 656 g/mol. The number of aromatic nitrogens is 4. The second kappa shape index (κ2) is 13.5. The lowest BCUT2D eigenvalue weighted by Gasteiger charge is -2.15. The Morgan fingerprint density at radius 1 is 1.05 bits per heavy atom. The summed E-state index contributed by atoms with van der Waals surface area (Å²) in [5, 5.41) is 13.2. The molecule has 5 rings (SSSR count). The molecule has 226 valence electrons. The maximum atomic E-state index is 15.2. The predicted octanol–water partition coefficient (Wildman–Crippen LogP) is 7.00. The largest absolute Gasteiger partial charge is 0.492 e. The Hall–Kier alpha value is -3.39. The number of halogens is 6. The van der Waals surface area contributed by atoms with Crippen molar-refractivity contribution in [1.82, 2.24) is 25.1 Å². The number of likely N-dealkylation sites (tertiary alicyclic amines) is 1. The molecule has 15 heteroatoms. The van der Waals surface area contributed by atoms with Gasteiger partial charge in [-0.3, -0.25) is 9.69 Å². The standard InChI is InChI=1S/C28H24Cl2F4N6O2S/c29-21-9-5-18(28(32,33)34)15-23(21)40-27(36-37-38-40)43-16-24(41)35-22-10-8-20(26(31)25(22)30)17-3-6-19(7-4-17)42-14-13-39-11-1-2-12-39/h3-10,15H,1-2,11-14,16H2,(H,35,41). The first kappa shape index (κ1) is 31.0. The number of hydrogen-bond donors (Lipinski definition) is 1. The van der Waals surface area contributed by atoms with Crippen LogP contribution in [0.1, 0.15) is 18.4 Å². The summed E-state index contributed by atoms with van der Waals surface area (Å²) in [6.45, 7) is 3.62. The van der Waals surface area contributed by atoms with E-state index in [9.17, 15) is 18.0 Å². The first-order chi connectivity index (χ1) is 20.6. The quantitative estimate of drug-likeness (QED) is 0.146. The summed E-state index contributed by atoms with van der Waals surface area (Å²) >= 11 is 13.2. The SMILES string of the molecule is O=C(CSc1nnnn1-c1cc(C(F)(F)F)ccc1Cl)Nc1ccc(-c2ccc(OCCN3CCCC3)cc2)c(F)c1Cl. The minimum atomic E-state index is -4.60. The van der Waals surface area contributed by atoms with Gasteiger partial charge in [-0.2, -0.15) is 17.9 Å². The van der Waals surface area contributed by atoms with E-state index in [0.717, 1.165) is 54.3 Å². The number of ether oxygens (including phenoxy) is 1. The van der Waals surface area contributed by atoms with E-state index in [1.54, 1.807) is 24.3 Å². The molecule has 0 saturated carbocycles. The Morgan fingerprint density at radius 3 is 2.51 bits per heavy atom. The van der Waals surface area contributed by atoms with Crippen LogP contribution < -0.4 is 10.1 Å². The number of thioether (sulfide) groups is 1. The summed E-state index contributed by atoms with van der Waals surface area (Å²) in [6.07, 6.45) is -2.17. The highest BCUT2D eigenvalue weighted by molar-refractivity contribution is 7.99. The van der Waals surface area contributed by atoms with Gasteiger partial charge in [-0.05, 0) is 84.4 Å².